The molecule has 106 valence electrons. The van der Waals surface area contributed by atoms with Gasteiger partial charge in [-0.25, -0.2) is 0 Å². The lowest BCUT2D eigenvalue weighted by Crippen LogP contribution is -2.24. The van der Waals surface area contributed by atoms with E-state index in [0.29, 0.717) is 12.2 Å². The molecule has 1 atom stereocenters. The molecule has 0 radical (unpaired) electrons. The molecule has 2 rings (SSSR count). The summed E-state index contributed by atoms with van der Waals surface area (Å²) < 4.78 is 43.5. The zero-order chi connectivity index (χ0) is 14.1. The number of alkyl halides is 3. The molecule has 0 spiro atoms. The summed E-state index contributed by atoms with van der Waals surface area (Å²) in [6, 6.07) is 5.24. The van der Waals surface area contributed by atoms with Gasteiger partial charge in [-0.2, -0.15) is 13.2 Å². The molecule has 0 amide bonds. The predicted octanol–water partition coefficient (Wildman–Crippen LogP) is 4.07. The van der Waals surface area contributed by atoms with Crippen LogP contribution in [0.4, 0.5) is 18.9 Å². The van der Waals surface area contributed by atoms with Crippen molar-refractivity contribution < 1.29 is 17.9 Å². The second-order valence-electron chi connectivity index (χ2n) is 5.50. The Morgan fingerprint density at radius 2 is 2.11 bits per heavy atom. The van der Waals surface area contributed by atoms with Gasteiger partial charge in [0, 0.05) is 12.2 Å². The van der Waals surface area contributed by atoms with Crippen molar-refractivity contribution in [3.8, 4) is 0 Å². The maximum Gasteiger partial charge on any atom is 0.416 e. The van der Waals surface area contributed by atoms with E-state index in [1.807, 2.05) is 13.8 Å². The minimum Gasteiger partial charge on any atom is -0.382 e. The van der Waals surface area contributed by atoms with Crippen LogP contribution in [0, 0.1) is 0 Å². The van der Waals surface area contributed by atoms with Crippen molar-refractivity contribution in [2.24, 2.45) is 0 Å². The zero-order valence-corrected chi connectivity index (χ0v) is 11.1. The third-order valence-corrected chi connectivity index (χ3v) is 3.28. The standard InChI is InChI=1S/C14H18F3NO/c1-13(2)7-6-12(19-13)9-18-11-5-3-4-10(8-11)14(15,16)17/h3-5,8,12,18H,6-7,9H2,1-2H3. The first kappa shape index (κ1) is 14.2. The first-order valence-corrected chi connectivity index (χ1v) is 6.35. The number of ether oxygens (including phenoxy) is 1. The Hall–Kier alpha value is -1.23. The van der Waals surface area contributed by atoms with Gasteiger partial charge in [0.2, 0.25) is 0 Å². The molecule has 1 aromatic rings. The number of hydrogen-bond acceptors (Lipinski definition) is 2. The third kappa shape index (κ3) is 3.86. The van der Waals surface area contributed by atoms with Crippen LogP contribution in [0.2, 0.25) is 0 Å². The molecule has 1 aliphatic rings. The Morgan fingerprint density at radius 1 is 1.37 bits per heavy atom. The van der Waals surface area contributed by atoms with Gasteiger partial charge in [-0.15, -0.1) is 0 Å². The van der Waals surface area contributed by atoms with Crippen molar-refractivity contribution in [3.05, 3.63) is 29.8 Å². The van der Waals surface area contributed by atoms with Crippen molar-refractivity contribution >= 4 is 5.69 Å². The van der Waals surface area contributed by atoms with Crippen LogP contribution in [0.1, 0.15) is 32.3 Å². The SMILES string of the molecule is CC1(C)CCC(CNc2cccc(C(F)(F)F)c2)O1. The summed E-state index contributed by atoms with van der Waals surface area (Å²) in [7, 11) is 0. The zero-order valence-electron chi connectivity index (χ0n) is 11.1. The first-order chi connectivity index (χ1) is 8.76. The van der Waals surface area contributed by atoms with Crippen molar-refractivity contribution in [1.82, 2.24) is 0 Å². The minimum absolute atomic E-state index is 0.0598. The van der Waals surface area contributed by atoms with Gasteiger partial charge in [-0.05, 0) is 44.9 Å². The van der Waals surface area contributed by atoms with Gasteiger partial charge < -0.3 is 10.1 Å². The molecule has 2 nitrogen and oxygen atoms in total. The molecule has 0 bridgehead atoms. The quantitative estimate of drug-likeness (QED) is 0.896. The number of hydrogen-bond donors (Lipinski definition) is 1. The van der Waals surface area contributed by atoms with E-state index in [4.69, 9.17) is 4.74 Å². The van der Waals surface area contributed by atoms with E-state index in [2.05, 4.69) is 5.32 Å². The molecule has 0 saturated carbocycles. The van der Waals surface area contributed by atoms with Crippen molar-refractivity contribution in [3.63, 3.8) is 0 Å². The number of benzene rings is 1. The largest absolute Gasteiger partial charge is 0.416 e. The normalized spacial score (nSPS) is 22.5. The van der Waals surface area contributed by atoms with E-state index in [1.54, 1.807) is 6.07 Å². The van der Waals surface area contributed by atoms with Crippen molar-refractivity contribution in [2.75, 3.05) is 11.9 Å². The van der Waals surface area contributed by atoms with Gasteiger partial charge in [-0.3, -0.25) is 0 Å². The highest BCUT2D eigenvalue weighted by Crippen LogP contribution is 2.32. The topological polar surface area (TPSA) is 21.3 Å². The van der Waals surface area contributed by atoms with Gasteiger partial charge in [0.25, 0.3) is 0 Å². The molecule has 5 heteroatoms. The monoisotopic (exact) mass is 273 g/mol. The van der Waals surface area contributed by atoms with Crippen LogP contribution in [-0.4, -0.2) is 18.2 Å². The lowest BCUT2D eigenvalue weighted by molar-refractivity contribution is -0.137. The molecular weight excluding hydrogens is 255 g/mol. The van der Waals surface area contributed by atoms with E-state index in [1.165, 1.54) is 6.07 Å². The Balaban J connectivity index is 1.94. The van der Waals surface area contributed by atoms with Gasteiger partial charge in [-0.1, -0.05) is 6.07 Å². The first-order valence-electron chi connectivity index (χ1n) is 6.35. The summed E-state index contributed by atoms with van der Waals surface area (Å²) in [5.41, 5.74) is -0.284. The molecule has 1 aromatic carbocycles. The van der Waals surface area contributed by atoms with Gasteiger partial charge >= 0.3 is 6.18 Å². The third-order valence-electron chi connectivity index (χ3n) is 3.28. The predicted molar refractivity (Wildman–Crippen MR) is 68.1 cm³/mol. The smallest absolute Gasteiger partial charge is 0.382 e. The Kier molecular flexibility index (Phi) is 3.76. The number of anilines is 1. The summed E-state index contributed by atoms with van der Waals surface area (Å²) in [4.78, 5) is 0. The summed E-state index contributed by atoms with van der Waals surface area (Å²) in [6.07, 6.45) is -2.34. The van der Waals surface area contributed by atoms with E-state index in [-0.39, 0.29) is 11.7 Å². The lowest BCUT2D eigenvalue weighted by atomic mass is 10.1. The Bertz CT molecular complexity index is 443. The van der Waals surface area contributed by atoms with E-state index >= 15 is 0 Å². The van der Waals surface area contributed by atoms with Crippen LogP contribution >= 0.6 is 0 Å². The number of halogens is 3. The summed E-state index contributed by atoms with van der Waals surface area (Å²) >= 11 is 0. The minimum atomic E-state index is -4.30. The highest BCUT2D eigenvalue weighted by atomic mass is 19.4. The van der Waals surface area contributed by atoms with E-state index in [9.17, 15) is 13.2 Å². The molecule has 1 heterocycles. The van der Waals surface area contributed by atoms with Crippen LogP contribution in [0.15, 0.2) is 24.3 Å². The van der Waals surface area contributed by atoms with Crippen LogP contribution in [0.5, 0.6) is 0 Å². The fraction of sp³-hybridized carbons (Fsp3) is 0.571. The average Bonchev–Trinajstić information content (AvgIpc) is 2.66. The van der Waals surface area contributed by atoms with E-state index < -0.39 is 11.7 Å². The van der Waals surface area contributed by atoms with Crippen molar-refractivity contribution in [2.45, 2.75) is 44.6 Å². The van der Waals surface area contributed by atoms with Crippen LogP contribution in [-0.2, 0) is 10.9 Å². The van der Waals surface area contributed by atoms with Gasteiger partial charge in [0.05, 0.1) is 17.3 Å². The molecule has 19 heavy (non-hydrogen) atoms. The maximum atomic E-state index is 12.6. The molecule has 1 aliphatic heterocycles. The molecule has 0 aromatic heterocycles. The molecule has 1 N–H and O–H groups in total. The molecular formula is C14H18F3NO. The fourth-order valence-corrected chi connectivity index (χ4v) is 2.26. The lowest BCUT2D eigenvalue weighted by Gasteiger charge is -2.20. The second-order valence-corrected chi connectivity index (χ2v) is 5.50. The van der Waals surface area contributed by atoms with Crippen LogP contribution in [0.25, 0.3) is 0 Å². The van der Waals surface area contributed by atoms with Crippen molar-refractivity contribution in [1.29, 1.82) is 0 Å². The summed E-state index contributed by atoms with van der Waals surface area (Å²) in [5.74, 6) is 0. The fourth-order valence-electron chi connectivity index (χ4n) is 2.26. The number of rotatable bonds is 3. The highest BCUT2D eigenvalue weighted by molar-refractivity contribution is 5.46. The van der Waals surface area contributed by atoms with Crippen LogP contribution < -0.4 is 5.32 Å². The Labute approximate surface area is 111 Å². The Morgan fingerprint density at radius 3 is 2.68 bits per heavy atom. The summed E-state index contributed by atoms with van der Waals surface area (Å²) in [6.45, 7) is 4.58. The molecule has 1 fully saturated rings. The van der Waals surface area contributed by atoms with Gasteiger partial charge in [0.1, 0.15) is 0 Å². The highest BCUT2D eigenvalue weighted by Gasteiger charge is 2.32. The van der Waals surface area contributed by atoms with Gasteiger partial charge in [0.15, 0.2) is 0 Å². The summed E-state index contributed by atoms with van der Waals surface area (Å²) in [5, 5.41) is 3.01. The molecule has 0 aliphatic carbocycles. The maximum absolute atomic E-state index is 12.6. The second kappa shape index (κ2) is 5.04. The molecule has 1 saturated heterocycles. The van der Waals surface area contributed by atoms with Crippen LogP contribution in [0.3, 0.4) is 0 Å². The van der Waals surface area contributed by atoms with E-state index in [0.717, 1.165) is 25.0 Å². The number of nitrogens with one attached hydrogen (secondary N) is 1. The molecule has 1 unspecified atom stereocenters. The average molecular weight is 273 g/mol.